The summed E-state index contributed by atoms with van der Waals surface area (Å²) in [6, 6.07) is 4.60. The highest BCUT2D eigenvalue weighted by atomic mass is 35.5. The van der Waals surface area contributed by atoms with Gasteiger partial charge in [-0.05, 0) is 44.1 Å². The highest BCUT2D eigenvalue weighted by Gasteiger charge is 2.49. The second kappa shape index (κ2) is 4.65. The molecule has 0 bridgehead atoms. The normalized spacial score (nSPS) is 21.8. The third-order valence-corrected chi connectivity index (χ3v) is 4.27. The summed E-state index contributed by atoms with van der Waals surface area (Å²) in [5.74, 6) is -0.391. The Balaban J connectivity index is 1.98. The number of amides is 1. The summed E-state index contributed by atoms with van der Waals surface area (Å²) in [6.07, 6.45) is 1.49. The minimum atomic E-state index is -0.521. The number of carbonyl (C=O) groups is 1. The fraction of sp³-hybridized carbons (Fsp3) is 0.462. The predicted octanol–water partition coefficient (Wildman–Crippen LogP) is 1.49. The molecule has 2 fully saturated rings. The Bertz CT molecular complexity index is 517. The van der Waals surface area contributed by atoms with Gasteiger partial charge >= 0.3 is 0 Å². The average Bonchev–Trinajstić information content (AvgIpc) is 2.72. The molecule has 2 aliphatic rings. The van der Waals surface area contributed by atoms with Crippen LogP contribution in [0.25, 0.3) is 0 Å². The minimum absolute atomic E-state index is 0.0504. The molecule has 4 nitrogen and oxygen atoms in total. The highest BCUT2D eigenvalue weighted by molar-refractivity contribution is 6.31. The second-order valence-electron chi connectivity index (χ2n) is 4.97. The van der Waals surface area contributed by atoms with E-state index in [0.717, 1.165) is 31.6 Å². The maximum atomic E-state index is 13.3. The smallest absolute Gasteiger partial charge is 0.247 e. The van der Waals surface area contributed by atoms with Gasteiger partial charge in [-0.25, -0.2) is 4.39 Å². The minimum Gasteiger partial charge on any atom is -0.339 e. The van der Waals surface area contributed by atoms with Crippen molar-refractivity contribution >= 4 is 23.2 Å². The first kappa shape index (κ1) is 12.7. The van der Waals surface area contributed by atoms with Crippen LogP contribution >= 0.6 is 11.6 Å². The van der Waals surface area contributed by atoms with Gasteiger partial charge in [-0.3, -0.25) is 4.79 Å². The summed E-state index contributed by atoms with van der Waals surface area (Å²) in [4.78, 5) is 14.2. The highest BCUT2D eigenvalue weighted by Crippen LogP contribution is 2.35. The van der Waals surface area contributed by atoms with Crippen LogP contribution in [0.3, 0.4) is 0 Å². The third kappa shape index (κ3) is 1.97. The Morgan fingerprint density at radius 3 is 2.74 bits per heavy atom. The van der Waals surface area contributed by atoms with E-state index in [4.69, 9.17) is 11.6 Å². The number of piperidine rings is 1. The van der Waals surface area contributed by atoms with Crippen LogP contribution in [0, 0.1) is 5.82 Å². The molecule has 0 radical (unpaired) electrons. The van der Waals surface area contributed by atoms with E-state index in [1.54, 1.807) is 12.1 Å². The SMILES string of the molecule is O=C1NCN(c2ccc(F)c(Cl)c2)C12CCNCC2. The monoisotopic (exact) mass is 283 g/mol. The number of nitrogens with one attached hydrogen (secondary N) is 2. The van der Waals surface area contributed by atoms with Crippen LogP contribution < -0.4 is 15.5 Å². The van der Waals surface area contributed by atoms with Gasteiger partial charge in [0.2, 0.25) is 5.91 Å². The molecule has 1 amide bonds. The molecule has 2 N–H and O–H groups in total. The number of halogens is 2. The van der Waals surface area contributed by atoms with Crippen molar-refractivity contribution in [2.45, 2.75) is 18.4 Å². The first-order valence-electron chi connectivity index (χ1n) is 6.35. The molecule has 0 saturated carbocycles. The molecule has 2 saturated heterocycles. The van der Waals surface area contributed by atoms with E-state index in [0.29, 0.717) is 6.67 Å². The summed E-state index contributed by atoms with van der Waals surface area (Å²) >= 11 is 5.84. The lowest BCUT2D eigenvalue weighted by atomic mass is 9.86. The molecule has 1 aromatic carbocycles. The molecule has 19 heavy (non-hydrogen) atoms. The number of benzene rings is 1. The van der Waals surface area contributed by atoms with Gasteiger partial charge in [0.15, 0.2) is 0 Å². The van der Waals surface area contributed by atoms with Crippen LogP contribution in [-0.4, -0.2) is 31.2 Å². The number of carbonyl (C=O) groups excluding carboxylic acids is 1. The van der Waals surface area contributed by atoms with Crippen LogP contribution in [0.1, 0.15) is 12.8 Å². The number of rotatable bonds is 1. The van der Waals surface area contributed by atoms with Crippen molar-refractivity contribution in [2.24, 2.45) is 0 Å². The van der Waals surface area contributed by atoms with Gasteiger partial charge in [-0.15, -0.1) is 0 Å². The maximum absolute atomic E-state index is 13.3. The van der Waals surface area contributed by atoms with Gasteiger partial charge in [0.05, 0.1) is 11.7 Å². The average molecular weight is 284 g/mol. The Morgan fingerprint density at radius 1 is 1.32 bits per heavy atom. The summed E-state index contributed by atoms with van der Waals surface area (Å²) in [6.45, 7) is 2.05. The summed E-state index contributed by atoms with van der Waals surface area (Å²) in [5.41, 5.74) is 0.263. The fourth-order valence-corrected chi connectivity index (χ4v) is 3.09. The van der Waals surface area contributed by atoms with E-state index in [-0.39, 0.29) is 10.9 Å². The largest absolute Gasteiger partial charge is 0.339 e. The van der Waals surface area contributed by atoms with Gasteiger partial charge in [-0.1, -0.05) is 11.6 Å². The zero-order valence-corrected chi connectivity index (χ0v) is 11.1. The molecule has 1 spiro atoms. The van der Waals surface area contributed by atoms with Crippen molar-refractivity contribution in [1.29, 1.82) is 0 Å². The number of nitrogens with zero attached hydrogens (tertiary/aromatic N) is 1. The van der Waals surface area contributed by atoms with E-state index in [1.807, 2.05) is 4.90 Å². The summed E-state index contributed by atoms with van der Waals surface area (Å²) in [7, 11) is 0. The topological polar surface area (TPSA) is 44.4 Å². The van der Waals surface area contributed by atoms with Gasteiger partial charge < -0.3 is 15.5 Å². The van der Waals surface area contributed by atoms with Crippen molar-refractivity contribution in [3.05, 3.63) is 29.0 Å². The lowest BCUT2D eigenvalue weighted by molar-refractivity contribution is -0.124. The van der Waals surface area contributed by atoms with Gasteiger partial charge in [0, 0.05) is 5.69 Å². The van der Waals surface area contributed by atoms with Gasteiger partial charge in [0.25, 0.3) is 0 Å². The van der Waals surface area contributed by atoms with Crippen LogP contribution in [0.15, 0.2) is 18.2 Å². The quantitative estimate of drug-likeness (QED) is 0.821. The van der Waals surface area contributed by atoms with Crippen molar-refractivity contribution in [3.63, 3.8) is 0 Å². The van der Waals surface area contributed by atoms with Crippen molar-refractivity contribution in [3.8, 4) is 0 Å². The third-order valence-electron chi connectivity index (χ3n) is 3.98. The summed E-state index contributed by atoms with van der Waals surface area (Å²) in [5, 5.41) is 6.23. The van der Waals surface area contributed by atoms with Crippen LogP contribution in [0.5, 0.6) is 0 Å². The van der Waals surface area contributed by atoms with Crippen LogP contribution in [0.4, 0.5) is 10.1 Å². The van der Waals surface area contributed by atoms with Crippen molar-refractivity contribution in [2.75, 3.05) is 24.7 Å². The maximum Gasteiger partial charge on any atom is 0.247 e. The lowest BCUT2D eigenvalue weighted by Gasteiger charge is -2.40. The summed E-state index contributed by atoms with van der Waals surface area (Å²) < 4.78 is 13.3. The first-order valence-corrected chi connectivity index (χ1v) is 6.73. The Labute approximate surface area is 115 Å². The van der Waals surface area contributed by atoms with Gasteiger partial charge in [-0.2, -0.15) is 0 Å². The molecule has 0 unspecified atom stereocenters. The number of anilines is 1. The Morgan fingerprint density at radius 2 is 2.05 bits per heavy atom. The molecule has 0 aliphatic carbocycles. The number of hydrogen-bond donors (Lipinski definition) is 2. The molecule has 2 heterocycles. The van der Waals surface area contributed by atoms with E-state index in [9.17, 15) is 9.18 Å². The Hall–Kier alpha value is -1.33. The molecular weight excluding hydrogens is 269 g/mol. The van der Waals surface area contributed by atoms with E-state index < -0.39 is 11.4 Å². The molecule has 0 atom stereocenters. The molecular formula is C13H15ClFN3O. The van der Waals surface area contributed by atoms with Crippen molar-refractivity contribution in [1.82, 2.24) is 10.6 Å². The number of hydrogen-bond acceptors (Lipinski definition) is 3. The molecule has 6 heteroatoms. The van der Waals surface area contributed by atoms with E-state index >= 15 is 0 Å². The predicted molar refractivity (Wildman–Crippen MR) is 71.7 cm³/mol. The zero-order valence-electron chi connectivity index (χ0n) is 10.4. The first-order chi connectivity index (χ1) is 9.13. The standard InChI is InChI=1S/C13H15ClFN3O/c14-10-7-9(1-2-11(10)15)18-8-17-12(19)13(18)3-5-16-6-4-13/h1-2,7,16H,3-6,8H2,(H,17,19). The molecule has 2 aliphatic heterocycles. The van der Waals surface area contributed by atoms with Crippen LogP contribution in [0.2, 0.25) is 5.02 Å². The molecule has 1 aromatic rings. The van der Waals surface area contributed by atoms with E-state index in [1.165, 1.54) is 6.07 Å². The van der Waals surface area contributed by atoms with Gasteiger partial charge in [0.1, 0.15) is 11.4 Å². The zero-order chi connectivity index (χ0) is 13.5. The van der Waals surface area contributed by atoms with E-state index in [2.05, 4.69) is 10.6 Å². The molecule has 3 rings (SSSR count). The molecule has 0 aromatic heterocycles. The molecule has 102 valence electrons. The fourth-order valence-electron chi connectivity index (χ4n) is 2.92. The lowest BCUT2D eigenvalue weighted by Crippen LogP contribution is -2.55. The van der Waals surface area contributed by atoms with Crippen LogP contribution in [-0.2, 0) is 4.79 Å². The van der Waals surface area contributed by atoms with Crippen molar-refractivity contribution < 1.29 is 9.18 Å². The Kier molecular flexibility index (Phi) is 3.11. The second-order valence-corrected chi connectivity index (χ2v) is 5.38.